The van der Waals surface area contributed by atoms with Crippen molar-refractivity contribution in [1.82, 2.24) is 24.9 Å². The second-order valence-electron chi connectivity index (χ2n) is 7.53. The Morgan fingerprint density at radius 3 is 2.25 bits per heavy atom. The number of rotatable bonds is 6. The zero-order chi connectivity index (χ0) is 20.6. The van der Waals surface area contributed by atoms with E-state index in [0.29, 0.717) is 19.0 Å². The second-order valence-corrected chi connectivity index (χ2v) is 7.53. The number of aliphatic imine (C=N–C) groups is 1. The van der Waals surface area contributed by atoms with Crippen LogP contribution in [0.4, 0.5) is 13.2 Å². The lowest BCUT2D eigenvalue weighted by atomic mass is 10.1. The highest BCUT2D eigenvalue weighted by Gasteiger charge is 2.29. The van der Waals surface area contributed by atoms with Crippen LogP contribution in [0, 0.1) is 0 Å². The Morgan fingerprint density at radius 1 is 1.04 bits per heavy atom. The molecule has 2 heterocycles. The maximum absolute atomic E-state index is 12.4. The smallest absolute Gasteiger partial charge is 0.355 e. The Morgan fingerprint density at radius 2 is 1.68 bits per heavy atom. The molecule has 0 radical (unpaired) electrons. The lowest BCUT2D eigenvalue weighted by molar-refractivity contribution is -0.142. The average Bonchev–Trinajstić information content (AvgIpc) is 2.65. The molecule has 1 amide bonds. The van der Waals surface area contributed by atoms with Gasteiger partial charge in [0, 0.05) is 59.4 Å². The number of nitrogens with one attached hydrogen (secondary N) is 1. The lowest BCUT2D eigenvalue weighted by Crippen LogP contribution is -2.55. The van der Waals surface area contributed by atoms with Gasteiger partial charge < -0.3 is 15.1 Å². The van der Waals surface area contributed by atoms with Crippen molar-refractivity contribution in [3.63, 3.8) is 0 Å². The van der Waals surface area contributed by atoms with Gasteiger partial charge in [-0.25, -0.2) is 0 Å². The summed E-state index contributed by atoms with van der Waals surface area (Å²) >= 11 is 0. The van der Waals surface area contributed by atoms with Crippen molar-refractivity contribution in [1.29, 1.82) is 0 Å². The van der Waals surface area contributed by atoms with Crippen molar-refractivity contribution < 1.29 is 18.0 Å². The Balaban J connectivity index is 1.68. The summed E-state index contributed by atoms with van der Waals surface area (Å²) in [4.78, 5) is 24.1. The van der Waals surface area contributed by atoms with Crippen LogP contribution in [-0.2, 0) is 4.79 Å². The molecule has 28 heavy (non-hydrogen) atoms. The molecule has 0 unspecified atom stereocenters. The minimum atomic E-state index is -4.18. The number of likely N-dealkylation sites (tertiary alicyclic amines) is 1. The molecule has 0 atom stereocenters. The fourth-order valence-electron chi connectivity index (χ4n) is 3.63. The summed E-state index contributed by atoms with van der Waals surface area (Å²) < 4.78 is 37.1. The van der Waals surface area contributed by atoms with Gasteiger partial charge in [-0.2, -0.15) is 13.2 Å². The van der Waals surface area contributed by atoms with Gasteiger partial charge in [-0.1, -0.05) is 0 Å². The minimum absolute atomic E-state index is 0.211. The van der Waals surface area contributed by atoms with Crippen LogP contribution in [0.3, 0.4) is 0 Å². The number of hydrogen-bond acceptors (Lipinski definition) is 4. The molecule has 2 fully saturated rings. The first-order valence-electron chi connectivity index (χ1n) is 9.99. The predicted molar refractivity (Wildman–Crippen MR) is 103 cm³/mol. The Labute approximate surface area is 165 Å². The Bertz CT molecular complexity index is 514. The highest BCUT2D eigenvalue weighted by Crippen LogP contribution is 2.15. The van der Waals surface area contributed by atoms with E-state index in [1.807, 2.05) is 4.90 Å². The average molecular weight is 406 g/mol. The van der Waals surface area contributed by atoms with E-state index in [1.165, 1.54) is 18.4 Å². The molecule has 0 aliphatic carbocycles. The third-order valence-corrected chi connectivity index (χ3v) is 5.18. The number of halogens is 3. The van der Waals surface area contributed by atoms with Gasteiger partial charge in [-0.05, 0) is 26.3 Å². The van der Waals surface area contributed by atoms with Gasteiger partial charge in [0.05, 0.1) is 13.1 Å². The molecule has 2 aliphatic heterocycles. The van der Waals surface area contributed by atoms with E-state index < -0.39 is 12.7 Å². The SMILES string of the molecule is CN=C(NCCN(C)CC(F)(F)F)N1CCN(CC(=O)N2CCCCC2)CC1. The van der Waals surface area contributed by atoms with Crippen LogP contribution < -0.4 is 5.32 Å². The number of guanidine groups is 1. The lowest BCUT2D eigenvalue weighted by Gasteiger charge is -2.37. The summed E-state index contributed by atoms with van der Waals surface area (Å²) in [5, 5.41) is 3.14. The fraction of sp³-hybridized carbons (Fsp3) is 0.889. The largest absolute Gasteiger partial charge is 0.401 e. The van der Waals surface area contributed by atoms with Crippen LogP contribution in [0.15, 0.2) is 4.99 Å². The molecular formula is C18H33F3N6O. The van der Waals surface area contributed by atoms with E-state index in [1.54, 1.807) is 7.05 Å². The standard InChI is InChI=1S/C18H33F3N6O/c1-22-17(23-6-9-24(2)15-18(19,20)21)27-12-10-25(11-13-27)14-16(28)26-7-4-3-5-8-26/h3-15H2,1-2H3,(H,22,23). The molecule has 0 aromatic heterocycles. The van der Waals surface area contributed by atoms with E-state index >= 15 is 0 Å². The Kier molecular flexibility index (Phi) is 8.81. The molecule has 2 aliphatic rings. The topological polar surface area (TPSA) is 54.4 Å². The number of carbonyl (C=O) groups excluding carboxylic acids is 1. The van der Waals surface area contributed by atoms with Crippen molar-refractivity contribution >= 4 is 11.9 Å². The van der Waals surface area contributed by atoms with Crippen molar-refractivity contribution in [3.8, 4) is 0 Å². The molecule has 1 N–H and O–H groups in total. The number of amides is 1. The van der Waals surface area contributed by atoms with Crippen LogP contribution >= 0.6 is 0 Å². The predicted octanol–water partition coefficient (Wildman–Crippen LogP) is 0.686. The second kappa shape index (κ2) is 10.8. The first kappa shape index (κ1) is 22.7. The summed E-state index contributed by atoms with van der Waals surface area (Å²) in [6.45, 7) is 4.99. The van der Waals surface area contributed by atoms with Crippen LogP contribution in [0.25, 0.3) is 0 Å². The zero-order valence-electron chi connectivity index (χ0n) is 17.0. The van der Waals surface area contributed by atoms with E-state index in [4.69, 9.17) is 0 Å². The maximum Gasteiger partial charge on any atom is 0.401 e. The number of likely N-dealkylation sites (N-methyl/N-ethyl adjacent to an activating group) is 1. The molecule has 2 saturated heterocycles. The van der Waals surface area contributed by atoms with Gasteiger partial charge in [0.2, 0.25) is 5.91 Å². The van der Waals surface area contributed by atoms with E-state index in [2.05, 4.69) is 20.1 Å². The third-order valence-electron chi connectivity index (χ3n) is 5.18. The number of nitrogens with zero attached hydrogens (tertiary/aromatic N) is 5. The number of hydrogen-bond donors (Lipinski definition) is 1. The molecule has 7 nitrogen and oxygen atoms in total. The number of piperidine rings is 1. The normalized spacial score (nSPS) is 20.0. The van der Waals surface area contributed by atoms with E-state index in [-0.39, 0.29) is 12.5 Å². The highest BCUT2D eigenvalue weighted by molar-refractivity contribution is 5.80. The van der Waals surface area contributed by atoms with Crippen molar-refractivity contribution in [2.24, 2.45) is 4.99 Å². The molecule has 0 aromatic rings. The third kappa shape index (κ3) is 7.83. The molecule has 0 spiro atoms. The Hall–Kier alpha value is -1.55. The van der Waals surface area contributed by atoms with Crippen LogP contribution in [0.1, 0.15) is 19.3 Å². The van der Waals surface area contributed by atoms with Crippen LogP contribution in [-0.4, -0.2) is 117 Å². The van der Waals surface area contributed by atoms with Gasteiger partial charge in [0.25, 0.3) is 0 Å². The summed E-state index contributed by atoms with van der Waals surface area (Å²) in [7, 11) is 3.13. The number of alkyl halides is 3. The summed E-state index contributed by atoms with van der Waals surface area (Å²) in [6, 6.07) is 0. The van der Waals surface area contributed by atoms with Gasteiger partial charge in [-0.3, -0.25) is 19.6 Å². The van der Waals surface area contributed by atoms with Gasteiger partial charge in [0.15, 0.2) is 5.96 Å². The van der Waals surface area contributed by atoms with Crippen molar-refractivity contribution in [2.75, 3.05) is 79.5 Å². The monoisotopic (exact) mass is 406 g/mol. The molecule has 10 heteroatoms. The van der Waals surface area contributed by atoms with E-state index in [0.717, 1.165) is 52.1 Å². The summed E-state index contributed by atoms with van der Waals surface area (Å²) in [6.07, 6.45) is -0.779. The van der Waals surface area contributed by atoms with E-state index in [9.17, 15) is 18.0 Å². The number of piperazine rings is 1. The molecule has 2 rings (SSSR count). The van der Waals surface area contributed by atoms with Gasteiger partial charge in [0.1, 0.15) is 0 Å². The van der Waals surface area contributed by atoms with Gasteiger partial charge >= 0.3 is 6.18 Å². The van der Waals surface area contributed by atoms with Gasteiger partial charge in [-0.15, -0.1) is 0 Å². The van der Waals surface area contributed by atoms with Crippen LogP contribution in [0.2, 0.25) is 0 Å². The van der Waals surface area contributed by atoms with Crippen molar-refractivity contribution in [2.45, 2.75) is 25.4 Å². The van der Waals surface area contributed by atoms with Crippen LogP contribution in [0.5, 0.6) is 0 Å². The maximum atomic E-state index is 12.4. The molecule has 162 valence electrons. The zero-order valence-corrected chi connectivity index (χ0v) is 17.0. The fourth-order valence-corrected chi connectivity index (χ4v) is 3.63. The quantitative estimate of drug-likeness (QED) is 0.520. The highest BCUT2D eigenvalue weighted by atomic mass is 19.4. The summed E-state index contributed by atoms with van der Waals surface area (Å²) in [5.74, 6) is 0.908. The molecule has 0 aromatic carbocycles. The summed E-state index contributed by atoms with van der Waals surface area (Å²) in [5.41, 5.74) is 0. The first-order chi connectivity index (χ1) is 13.3. The van der Waals surface area contributed by atoms with Crippen molar-refractivity contribution in [3.05, 3.63) is 0 Å². The first-order valence-corrected chi connectivity index (χ1v) is 9.99. The molecular weight excluding hydrogens is 373 g/mol. The minimum Gasteiger partial charge on any atom is -0.355 e. The number of carbonyl (C=O) groups is 1. The molecule has 0 bridgehead atoms. The molecule has 0 saturated carbocycles.